The number of Topliss-reactive ketones (excluding diaryl/α,β-unsaturated/α-hetero) is 1. The van der Waals surface area contributed by atoms with E-state index in [1.807, 2.05) is 0 Å². The second-order valence-corrected chi connectivity index (χ2v) is 4.43. The second kappa shape index (κ2) is 5.26. The summed E-state index contributed by atoms with van der Waals surface area (Å²) in [4.78, 5) is 34.5. The molecule has 20 heavy (non-hydrogen) atoms. The van der Waals surface area contributed by atoms with Crippen molar-refractivity contribution in [1.82, 2.24) is 9.78 Å². The highest BCUT2D eigenvalue weighted by atomic mass is 35.5. The summed E-state index contributed by atoms with van der Waals surface area (Å²) < 4.78 is 0.872. The van der Waals surface area contributed by atoms with E-state index in [1.54, 1.807) is 0 Å². The standard InChI is InChI=1S/C13H9ClN2O4/c1-7(17)11-6-10(13(19)20)12(18)16(15-11)9-4-2-8(14)3-5-9/h2-6H,1H3,(H,19,20). The molecule has 0 amide bonds. The van der Waals surface area contributed by atoms with Crippen molar-refractivity contribution in [1.29, 1.82) is 0 Å². The zero-order valence-corrected chi connectivity index (χ0v) is 11.1. The van der Waals surface area contributed by atoms with E-state index in [-0.39, 0.29) is 5.69 Å². The third-order valence-electron chi connectivity index (χ3n) is 2.57. The van der Waals surface area contributed by atoms with Gasteiger partial charge in [0.1, 0.15) is 11.3 Å². The molecule has 0 atom stereocenters. The number of rotatable bonds is 3. The number of hydrogen-bond donors (Lipinski definition) is 1. The highest BCUT2D eigenvalue weighted by molar-refractivity contribution is 6.30. The molecule has 0 saturated carbocycles. The van der Waals surface area contributed by atoms with Crippen LogP contribution in [-0.4, -0.2) is 26.6 Å². The lowest BCUT2D eigenvalue weighted by Crippen LogP contribution is -2.29. The summed E-state index contributed by atoms with van der Waals surface area (Å²) in [6.07, 6.45) is 0. The van der Waals surface area contributed by atoms with Gasteiger partial charge in [-0.05, 0) is 30.3 Å². The van der Waals surface area contributed by atoms with Crippen LogP contribution in [0.15, 0.2) is 35.1 Å². The van der Waals surface area contributed by atoms with Crippen LogP contribution in [0.4, 0.5) is 0 Å². The number of carbonyl (C=O) groups is 2. The molecular weight excluding hydrogens is 284 g/mol. The highest BCUT2D eigenvalue weighted by Crippen LogP contribution is 2.12. The smallest absolute Gasteiger partial charge is 0.341 e. The van der Waals surface area contributed by atoms with E-state index < -0.39 is 22.9 Å². The summed E-state index contributed by atoms with van der Waals surface area (Å²) in [7, 11) is 0. The number of carbonyl (C=O) groups excluding carboxylic acids is 1. The molecule has 0 aliphatic rings. The van der Waals surface area contributed by atoms with Crippen molar-refractivity contribution in [3.05, 3.63) is 57.0 Å². The van der Waals surface area contributed by atoms with Gasteiger partial charge in [0.25, 0.3) is 5.56 Å². The predicted molar refractivity (Wildman–Crippen MR) is 71.8 cm³/mol. The van der Waals surface area contributed by atoms with Crippen LogP contribution in [0.5, 0.6) is 0 Å². The lowest BCUT2D eigenvalue weighted by atomic mass is 10.2. The van der Waals surface area contributed by atoms with Crippen LogP contribution in [-0.2, 0) is 0 Å². The van der Waals surface area contributed by atoms with Gasteiger partial charge in [0, 0.05) is 11.9 Å². The maximum absolute atomic E-state index is 12.0. The topological polar surface area (TPSA) is 89.3 Å². The Hall–Kier alpha value is -2.47. The summed E-state index contributed by atoms with van der Waals surface area (Å²) in [5.74, 6) is -1.85. The minimum absolute atomic E-state index is 0.100. The molecular formula is C13H9ClN2O4. The van der Waals surface area contributed by atoms with Crippen molar-refractivity contribution in [2.45, 2.75) is 6.92 Å². The number of carboxylic acids is 1. The Kier molecular flexibility index (Phi) is 3.67. The van der Waals surface area contributed by atoms with E-state index >= 15 is 0 Å². The fraction of sp³-hybridized carbons (Fsp3) is 0.0769. The first-order valence-corrected chi connectivity index (χ1v) is 5.92. The van der Waals surface area contributed by atoms with E-state index in [2.05, 4.69) is 5.10 Å². The number of aromatic carboxylic acids is 1. The first-order valence-electron chi connectivity index (χ1n) is 5.54. The van der Waals surface area contributed by atoms with Crippen molar-refractivity contribution in [2.24, 2.45) is 0 Å². The first kappa shape index (κ1) is 14.0. The number of aromatic nitrogens is 2. The van der Waals surface area contributed by atoms with E-state index in [0.29, 0.717) is 10.7 Å². The fourth-order valence-corrected chi connectivity index (χ4v) is 1.70. The SMILES string of the molecule is CC(=O)c1cc(C(=O)O)c(=O)n(-c2ccc(Cl)cc2)n1. The average molecular weight is 293 g/mol. The summed E-state index contributed by atoms with van der Waals surface area (Å²) in [5, 5.41) is 13.3. The second-order valence-electron chi connectivity index (χ2n) is 4.00. The molecule has 1 N–H and O–H groups in total. The van der Waals surface area contributed by atoms with Crippen LogP contribution in [0.1, 0.15) is 27.8 Å². The summed E-state index contributed by atoms with van der Waals surface area (Å²) in [6, 6.07) is 7.05. The molecule has 0 fully saturated rings. The van der Waals surface area contributed by atoms with E-state index in [1.165, 1.54) is 31.2 Å². The van der Waals surface area contributed by atoms with E-state index in [9.17, 15) is 14.4 Å². The van der Waals surface area contributed by atoms with Gasteiger partial charge in [0.05, 0.1) is 5.69 Å². The van der Waals surface area contributed by atoms with Crippen molar-refractivity contribution in [3.8, 4) is 5.69 Å². The first-order chi connectivity index (χ1) is 9.40. The third-order valence-corrected chi connectivity index (χ3v) is 2.83. The number of ketones is 1. The van der Waals surface area contributed by atoms with E-state index in [0.717, 1.165) is 10.7 Å². The summed E-state index contributed by atoms with van der Waals surface area (Å²) >= 11 is 5.75. The van der Waals surface area contributed by atoms with Crippen LogP contribution in [0.25, 0.3) is 5.69 Å². The van der Waals surface area contributed by atoms with Gasteiger partial charge in [-0.2, -0.15) is 9.78 Å². The van der Waals surface area contributed by atoms with Crippen LogP contribution < -0.4 is 5.56 Å². The molecule has 0 bridgehead atoms. The molecule has 7 heteroatoms. The van der Waals surface area contributed by atoms with Crippen molar-refractivity contribution >= 4 is 23.4 Å². The Bertz CT molecular complexity index is 750. The average Bonchev–Trinajstić information content (AvgIpc) is 2.39. The molecule has 0 aliphatic carbocycles. The fourth-order valence-electron chi connectivity index (χ4n) is 1.58. The van der Waals surface area contributed by atoms with Crippen LogP contribution in [0.3, 0.4) is 0 Å². The van der Waals surface area contributed by atoms with Gasteiger partial charge in [-0.15, -0.1) is 0 Å². The van der Waals surface area contributed by atoms with Gasteiger partial charge in [-0.1, -0.05) is 11.6 Å². The molecule has 0 spiro atoms. The van der Waals surface area contributed by atoms with Crippen molar-refractivity contribution in [3.63, 3.8) is 0 Å². The third kappa shape index (κ3) is 2.60. The molecule has 0 aliphatic heterocycles. The van der Waals surface area contributed by atoms with Gasteiger partial charge in [-0.3, -0.25) is 9.59 Å². The quantitative estimate of drug-likeness (QED) is 0.871. The lowest BCUT2D eigenvalue weighted by Gasteiger charge is -2.07. The molecule has 0 unspecified atom stereocenters. The molecule has 2 rings (SSSR count). The molecule has 102 valence electrons. The Morgan fingerprint density at radius 1 is 1.25 bits per heavy atom. The molecule has 2 aromatic rings. The molecule has 6 nitrogen and oxygen atoms in total. The van der Waals surface area contributed by atoms with Gasteiger partial charge >= 0.3 is 5.97 Å². The van der Waals surface area contributed by atoms with Crippen LogP contribution >= 0.6 is 11.6 Å². The summed E-state index contributed by atoms with van der Waals surface area (Å²) in [5.41, 5.74) is -1.10. The van der Waals surface area contributed by atoms with E-state index in [4.69, 9.17) is 16.7 Å². The molecule has 1 aromatic heterocycles. The maximum atomic E-state index is 12.0. The Morgan fingerprint density at radius 2 is 1.85 bits per heavy atom. The van der Waals surface area contributed by atoms with Gasteiger partial charge < -0.3 is 5.11 Å². The van der Waals surface area contributed by atoms with Gasteiger partial charge in [-0.25, -0.2) is 4.79 Å². The Balaban J connectivity index is 2.74. The van der Waals surface area contributed by atoms with Crippen molar-refractivity contribution < 1.29 is 14.7 Å². The number of halogens is 1. The van der Waals surface area contributed by atoms with Crippen LogP contribution in [0.2, 0.25) is 5.02 Å². The minimum Gasteiger partial charge on any atom is -0.477 e. The van der Waals surface area contributed by atoms with Gasteiger partial charge in [0.2, 0.25) is 0 Å². The highest BCUT2D eigenvalue weighted by Gasteiger charge is 2.17. The molecule has 1 aromatic carbocycles. The van der Waals surface area contributed by atoms with Crippen LogP contribution in [0, 0.1) is 0 Å². The predicted octanol–water partition coefficient (Wildman–Crippen LogP) is 1.79. The summed E-state index contributed by atoms with van der Waals surface area (Å²) in [6.45, 7) is 1.24. The largest absolute Gasteiger partial charge is 0.477 e. The van der Waals surface area contributed by atoms with Gasteiger partial charge in [0.15, 0.2) is 5.78 Å². The number of nitrogens with zero attached hydrogens (tertiary/aromatic N) is 2. The maximum Gasteiger partial charge on any atom is 0.341 e. The normalized spacial score (nSPS) is 10.3. The number of benzene rings is 1. The monoisotopic (exact) mass is 292 g/mol. The Labute approximate surface area is 118 Å². The molecule has 0 saturated heterocycles. The minimum atomic E-state index is -1.41. The van der Waals surface area contributed by atoms with Crippen molar-refractivity contribution in [2.75, 3.05) is 0 Å². The number of hydrogen-bond acceptors (Lipinski definition) is 4. The Morgan fingerprint density at radius 3 is 2.35 bits per heavy atom. The molecule has 1 heterocycles. The zero-order chi connectivity index (χ0) is 14.9. The zero-order valence-electron chi connectivity index (χ0n) is 10.3. The lowest BCUT2D eigenvalue weighted by molar-refractivity contribution is 0.0694. The number of carboxylic acid groups (broad SMARTS) is 1. The molecule has 0 radical (unpaired) electrons.